The normalized spacial score (nSPS) is 19.6. The fraction of sp³-hybridized carbons (Fsp3) is 0.647. The largest absolute Gasteiger partial charge is 0.354 e. The van der Waals surface area contributed by atoms with Crippen molar-refractivity contribution in [3.05, 3.63) is 22.4 Å². The Bertz CT molecular complexity index is 543. The number of nitrogens with one attached hydrogen (secondary N) is 2. The average molecular weight is 352 g/mol. The van der Waals surface area contributed by atoms with E-state index in [-0.39, 0.29) is 11.9 Å². The van der Waals surface area contributed by atoms with Crippen LogP contribution in [0.3, 0.4) is 0 Å². The minimum absolute atomic E-state index is 0.229. The monoisotopic (exact) mass is 351 g/mol. The lowest BCUT2D eigenvalue weighted by Gasteiger charge is -2.25. The first-order valence-electron chi connectivity index (χ1n) is 8.50. The number of likely N-dealkylation sites (tertiary alicyclic amines) is 1. The maximum atomic E-state index is 11.8. The smallest absolute Gasteiger partial charge is 0.222 e. The second kappa shape index (κ2) is 9.03. The van der Waals surface area contributed by atoms with E-state index < -0.39 is 0 Å². The number of amides is 1. The zero-order valence-electron chi connectivity index (χ0n) is 15.1. The lowest BCUT2D eigenvalue weighted by atomic mass is 10.2. The summed E-state index contributed by atoms with van der Waals surface area (Å²) in [5.41, 5.74) is 0. The van der Waals surface area contributed by atoms with Gasteiger partial charge in [0.05, 0.1) is 6.04 Å². The van der Waals surface area contributed by atoms with Gasteiger partial charge in [-0.15, -0.1) is 11.3 Å². The highest BCUT2D eigenvalue weighted by Crippen LogP contribution is 2.22. The van der Waals surface area contributed by atoms with Crippen molar-refractivity contribution in [3.63, 3.8) is 0 Å². The third-order valence-electron chi connectivity index (χ3n) is 4.37. The second-order valence-corrected chi connectivity index (χ2v) is 7.25. The van der Waals surface area contributed by atoms with Crippen LogP contribution in [-0.4, -0.2) is 68.5 Å². The number of carbonyl (C=O) groups excluding carboxylic acids is 1. The lowest BCUT2D eigenvalue weighted by Crippen LogP contribution is -2.47. The minimum Gasteiger partial charge on any atom is -0.354 e. The van der Waals surface area contributed by atoms with Crippen molar-refractivity contribution in [3.8, 4) is 0 Å². The van der Waals surface area contributed by atoms with Crippen molar-refractivity contribution in [1.82, 2.24) is 20.4 Å². The third-order valence-corrected chi connectivity index (χ3v) is 5.34. The summed E-state index contributed by atoms with van der Waals surface area (Å²) in [6.07, 6.45) is 1.54. The molecule has 2 heterocycles. The Morgan fingerprint density at radius 1 is 1.54 bits per heavy atom. The highest BCUT2D eigenvalue weighted by atomic mass is 32.1. The molecule has 2 atom stereocenters. The average Bonchev–Trinajstić information content (AvgIpc) is 3.24. The molecule has 2 unspecified atom stereocenters. The van der Waals surface area contributed by atoms with E-state index in [0.29, 0.717) is 12.5 Å². The van der Waals surface area contributed by atoms with Gasteiger partial charge in [0.2, 0.25) is 5.91 Å². The Balaban J connectivity index is 1.85. The molecule has 1 aromatic heterocycles. The number of rotatable bonds is 6. The predicted octanol–water partition coefficient (Wildman–Crippen LogP) is 1.53. The molecular weight excluding hydrogens is 322 g/mol. The Labute approximate surface area is 148 Å². The Morgan fingerprint density at radius 3 is 2.92 bits per heavy atom. The highest BCUT2D eigenvalue weighted by Gasteiger charge is 2.26. The van der Waals surface area contributed by atoms with Crippen LogP contribution >= 0.6 is 11.3 Å². The topological polar surface area (TPSA) is 60.0 Å². The minimum atomic E-state index is 0.229. The van der Waals surface area contributed by atoms with Gasteiger partial charge in [0.1, 0.15) is 0 Å². The van der Waals surface area contributed by atoms with E-state index in [1.807, 2.05) is 11.8 Å². The molecule has 1 aliphatic heterocycles. The van der Waals surface area contributed by atoms with E-state index in [9.17, 15) is 4.79 Å². The van der Waals surface area contributed by atoms with Gasteiger partial charge < -0.3 is 20.4 Å². The Morgan fingerprint density at radius 2 is 2.33 bits per heavy atom. The van der Waals surface area contributed by atoms with Gasteiger partial charge in [-0.25, -0.2) is 0 Å². The predicted molar refractivity (Wildman–Crippen MR) is 101 cm³/mol. The van der Waals surface area contributed by atoms with Crippen LogP contribution in [0, 0.1) is 0 Å². The van der Waals surface area contributed by atoms with Crippen LogP contribution < -0.4 is 10.6 Å². The number of guanidine groups is 1. The van der Waals surface area contributed by atoms with Gasteiger partial charge in [0, 0.05) is 44.0 Å². The van der Waals surface area contributed by atoms with Crippen molar-refractivity contribution in [2.75, 3.05) is 40.8 Å². The first-order chi connectivity index (χ1) is 11.5. The number of nitrogens with zero attached hydrogens (tertiary/aromatic N) is 3. The van der Waals surface area contributed by atoms with Crippen LogP contribution in [0.2, 0.25) is 0 Å². The van der Waals surface area contributed by atoms with Crippen LogP contribution in [0.1, 0.15) is 30.7 Å². The molecule has 24 heavy (non-hydrogen) atoms. The molecule has 0 bridgehead atoms. The van der Waals surface area contributed by atoms with Crippen LogP contribution in [0.4, 0.5) is 0 Å². The fourth-order valence-corrected chi connectivity index (χ4v) is 3.85. The van der Waals surface area contributed by atoms with E-state index in [0.717, 1.165) is 32.0 Å². The quantitative estimate of drug-likeness (QED) is 0.603. The molecule has 1 amide bonds. The summed E-state index contributed by atoms with van der Waals surface area (Å²) in [7, 11) is 5.97. The number of thiophene rings is 1. The maximum absolute atomic E-state index is 11.8. The van der Waals surface area contributed by atoms with Gasteiger partial charge in [0.15, 0.2) is 5.96 Å². The number of hydrogen-bond acceptors (Lipinski definition) is 4. The molecule has 7 heteroatoms. The Hall–Kier alpha value is -1.60. The van der Waals surface area contributed by atoms with Crippen LogP contribution in [0.15, 0.2) is 22.5 Å². The molecule has 0 aliphatic carbocycles. The van der Waals surface area contributed by atoms with E-state index in [4.69, 9.17) is 0 Å². The van der Waals surface area contributed by atoms with Crippen LogP contribution in [0.5, 0.6) is 0 Å². The van der Waals surface area contributed by atoms with E-state index >= 15 is 0 Å². The lowest BCUT2D eigenvalue weighted by molar-refractivity contribution is -0.129. The molecule has 0 saturated carbocycles. The standard InChI is InChI=1S/C17H29N5OS/c1-5-16(23)22-9-8-13(12-22)20-17(18-2)19-11-14(21(3)4)15-7-6-10-24-15/h6-7,10,13-14H,5,8-9,11-12H2,1-4H3,(H2,18,19,20). The first-order valence-corrected chi connectivity index (χ1v) is 9.37. The molecular formula is C17H29N5OS. The number of carbonyl (C=O) groups is 1. The third kappa shape index (κ3) is 4.95. The number of likely N-dealkylation sites (N-methyl/N-ethyl adjacent to an activating group) is 1. The molecule has 0 radical (unpaired) electrons. The molecule has 2 N–H and O–H groups in total. The van der Waals surface area contributed by atoms with Gasteiger partial charge in [-0.3, -0.25) is 9.79 Å². The zero-order valence-corrected chi connectivity index (χ0v) is 15.9. The molecule has 1 saturated heterocycles. The molecule has 134 valence electrons. The summed E-state index contributed by atoms with van der Waals surface area (Å²) in [5, 5.41) is 8.98. The van der Waals surface area contributed by atoms with Crippen molar-refractivity contribution >= 4 is 23.2 Å². The molecule has 6 nitrogen and oxygen atoms in total. The zero-order chi connectivity index (χ0) is 17.5. The van der Waals surface area contributed by atoms with E-state index in [2.05, 4.69) is 52.1 Å². The molecule has 1 aromatic rings. The summed E-state index contributed by atoms with van der Waals surface area (Å²) in [6.45, 7) is 4.29. The van der Waals surface area contributed by atoms with Crippen LogP contribution in [0.25, 0.3) is 0 Å². The van der Waals surface area contributed by atoms with Gasteiger partial charge in [-0.1, -0.05) is 13.0 Å². The number of hydrogen-bond donors (Lipinski definition) is 2. The van der Waals surface area contributed by atoms with Crippen molar-refractivity contribution in [2.24, 2.45) is 4.99 Å². The van der Waals surface area contributed by atoms with E-state index in [1.54, 1.807) is 18.4 Å². The van der Waals surface area contributed by atoms with Gasteiger partial charge in [0.25, 0.3) is 0 Å². The molecule has 0 aromatic carbocycles. The number of aliphatic imine (C=N–C) groups is 1. The molecule has 1 aliphatic rings. The molecule has 1 fully saturated rings. The van der Waals surface area contributed by atoms with E-state index in [1.165, 1.54) is 4.88 Å². The maximum Gasteiger partial charge on any atom is 0.222 e. The summed E-state index contributed by atoms with van der Waals surface area (Å²) in [5.74, 6) is 1.03. The van der Waals surface area contributed by atoms with Gasteiger partial charge in [-0.2, -0.15) is 0 Å². The van der Waals surface area contributed by atoms with Gasteiger partial charge >= 0.3 is 0 Å². The summed E-state index contributed by atoms with van der Waals surface area (Å²) >= 11 is 1.77. The summed E-state index contributed by atoms with van der Waals surface area (Å²) in [6, 6.07) is 4.83. The molecule has 0 spiro atoms. The summed E-state index contributed by atoms with van der Waals surface area (Å²) < 4.78 is 0. The second-order valence-electron chi connectivity index (χ2n) is 6.27. The van der Waals surface area contributed by atoms with Crippen molar-refractivity contribution < 1.29 is 4.79 Å². The van der Waals surface area contributed by atoms with Gasteiger partial charge in [-0.05, 0) is 32.0 Å². The first kappa shape index (κ1) is 18.7. The summed E-state index contributed by atoms with van der Waals surface area (Å²) in [4.78, 5) is 21.6. The fourth-order valence-electron chi connectivity index (χ4n) is 2.93. The van der Waals surface area contributed by atoms with Crippen molar-refractivity contribution in [2.45, 2.75) is 31.8 Å². The van der Waals surface area contributed by atoms with Crippen molar-refractivity contribution in [1.29, 1.82) is 0 Å². The molecule has 2 rings (SSSR count). The Kier molecular flexibility index (Phi) is 7.05. The highest BCUT2D eigenvalue weighted by molar-refractivity contribution is 7.10. The van der Waals surface area contributed by atoms with Crippen LogP contribution in [-0.2, 0) is 4.79 Å². The SMILES string of the molecule is CCC(=O)N1CCC(NC(=NC)NCC(c2cccs2)N(C)C)C1.